The number of carbonyl (C=O) groups is 4. The number of amides is 4. The van der Waals surface area contributed by atoms with Gasteiger partial charge in [0, 0.05) is 31.0 Å². The molecular weight excluding hydrogens is 692 g/mol. The van der Waals surface area contributed by atoms with Crippen molar-refractivity contribution >= 4 is 35.2 Å². The third kappa shape index (κ3) is 10.8. The summed E-state index contributed by atoms with van der Waals surface area (Å²) >= 11 is 6.48. The molecule has 2 atom stereocenters. The average molecular weight is 737 g/mol. The highest BCUT2D eigenvalue weighted by Crippen LogP contribution is 2.31. The third-order valence-electron chi connectivity index (χ3n) is 9.73. The summed E-state index contributed by atoms with van der Waals surface area (Å²) in [4.78, 5) is 54.0. The molecule has 4 aromatic rings. The summed E-state index contributed by atoms with van der Waals surface area (Å²) in [6.07, 6.45) is 3.99. The van der Waals surface area contributed by atoms with Gasteiger partial charge < -0.3 is 30.7 Å². The van der Waals surface area contributed by atoms with Gasteiger partial charge in [-0.2, -0.15) is 0 Å². The molecule has 276 valence electrons. The Morgan fingerprint density at radius 1 is 0.660 bits per heavy atom. The van der Waals surface area contributed by atoms with Crippen molar-refractivity contribution in [1.29, 1.82) is 0 Å². The monoisotopic (exact) mass is 736 g/mol. The lowest BCUT2D eigenvalue weighted by atomic mass is 9.84. The second-order valence-electron chi connectivity index (χ2n) is 13.6. The number of rotatable bonds is 3. The van der Waals surface area contributed by atoms with Gasteiger partial charge >= 0.3 is 0 Å². The van der Waals surface area contributed by atoms with Gasteiger partial charge in [-0.25, -0.2) is 0 Å². The summed E-state index contributed by atoms with van der Waals surface area (Å²) < 4.78 is 12.0. The summed E-state index contributed by atoms with van der Waals surface area (Å²) in [6.45, 7) is 0.335. The van der Waals surface area contributed by atoms with Gasteiger partial charge in [-0.1, -0.05) is 96.5 Å². The summed E-state index contributed by atoms with van der Waals surface area (Å²) in [7, 11) is 0. The molecular formula is C42H45ClN4O6. The van der Waals surface area contributed by atoms with Gasteiger partial charge in [-0.15, -0.1) is 0 Å². The van der Waals surface area contributed by atoms with Crippen molar-refractivity contribution in [3.05, 3.63) is 130 Å². The van der Waals surface area contributed by atoms with Gasteiger partial charge in [0.05, 0.1) is 5.02 Å². The van der Waals surface area contributed by atoms with E-state index in [1.807, 2.05) is 84.9 Å². The molecule has 0 radical (unpaired) electrons. The van der Waals surface area contributed by atoms with Gasteiger partial charge in [0.25, 0.3) is 5.91 Å². The Labute approximate surface area is 315 Å². The summed E-state index contributed by atoms with van der Waals surface area (Å²) in [6, 6.07) is 29.6. The van der Waals surface area contributed by atoms with Crippen LogP contribution in [0.1, 0.15) is 60.4 Å². The van der Waals surface area contributed by atoms with Gasteiger partial charge in [0.15, 0.2) is 6.61 Å². The van der Waals surface area contributed by atoms with Crippen molar-refractivity contribution in [1.82, 2.24) is 21.3 Å². The van der Waals surface area contributed by atoms with Gasteiger partial charge in [0.2, 0.25) is 17.7 Å². The molecule has 4 amide bonds. The Bertz CT molecular complexity index is 1850. The lowest BCUT2D eigenvalue weighted by Gasteiger charge is -2.29. The van der Waals surface area contributed by atoms with Crippen LogP contribution in [0.2, 0.25) is 5.02 Å². The van der Waals surface area contributed by atoms with Crippen LogP contribution in [0.25, 0.3) is 0 Å². The first-order chi connectivity index (χ1) is 25.8. The van der Waals surface area contributed by atoms with Crippen molar-refractivity contribution in [3.8, 4) is 11.5 Å². The van der Waals surface area contributed by atoms with Crippen molar-refractivity contribution in [2.45, 2.75) is 69.7 Å². The number of para-hydroxylation sites is 1. The number of hydrogen-bond acceptors (Lipinski definition) is 6. The smallest absolute Gasteiger partial charge is 0.258 e. The molecule has 0 aromatic heterocycles. The molecule has 0 spiro atoms. The van der Waals surface area contributed by atoms with E-state index >= 15 is 0 Å². The van der Waals surface area contributed by atoms with E-state index in [1.165, 1.54) is 0 Å². The highest BCUT2D eigenvalue weighted by Gasteiger charge is 2.30. The number of carbonyl (C=O) groups excluding carboxylic acids is 4. The Hall–Kier alpha value is -5.35. The number of ether oxygens (including phenoxy) is 2. The summed E-state index contributed by atoms with van der Waals surface area (Å²) in [5.41, 5.74) is 3.20. The Kier molecular flexibility index (Phi) is 13.0. The number of hydrogen-bond donors (Lipinski definition) is 4. The number of nitrogens with one attached hydrogen (secondary N) is 4. The Morgan fingerprint density at radius 3 is 2.11 bits per heavy atom. The minimum absolute atomic E-state index is 0.0411. The maximum absolute atomic E-state index is 14.0. The van der Waals surface area contributed by atoms with Gasteiger partial charge in [-0.05, 0) is 72.9 Å². The second kappa shape index (κ2) is 18.4. The van der Waals surface area contributed by atoms with Gasteiger partial charge in [-0.3, -0.25) is 19.2 Å². The molecule has 5 aliphatic rings. The van der Waals surface area contributed by atoms with Crippen molar-refractivity contribution < 1.29 is 28.7 Å². The quantitative estimate of drug-likeness (QED) is 0.216. The molecule has 11 heteroatoms. The molecule has 4 N–H and O–H groups in total. The second-order valence-corrected chi connectivity index (χ2v) is 14.0. The zero-order valence-corrected chi connectivity index (χ0v) is 30.3. The van der Waals surface area contributed by atoms with E-state index in [2.05, 4.69) is 21.3 Å². The Morgan fingerprint density at radius 2 is 1.38 bits per heavy atom. The fraction of sp³-hybridized carbons (Fsp3) is 0.333. The minimum Gasteiger partial charge on any atom is -0.489 e. The minimum atomic E-state index is -0.993. The first kappa shape index (κ1) is 37.4. The van der Waals surface area contributed by atoms with Crippen LogP contribution in [0.4, 0.5) is 0 Å². The molecule has 4 heterocycles. The summed E-state index contributed by atoms with van der Waals surface area (Å²) in [5, 5.41) is 12.4. The fourth-order valence-electron chi connectivity index (χ4n) is 6.86. The van der Waals surface area contributed by atoms with Crippen LogP contribution >= 0.6 is 11.6 Å². The van der Waals surface area contributed by atoms with Crippen molar-refractivity contribution in [2.24, 2.45) is 5.92 Å². The van der Waals surface area contributed by atoms with Gasteiger partial charge in [0.1, 0.15) is 30.2 Å². The van der Waals surface area contributed by atoms with E-state index in [0.29, 0.717) is 53.5 Å². The van der Waals surface area contributed by atoms with E-state index in [9.17, 15) is 19.2 Å². The van der Waals surface area contributed by atoms with Crippen LogP contribution < -0.4 is 30.7 Å². The highest BCUT2D eigenvalue weighted by atomic mass is 35.5. The molecule has 4 bridgehead atoms. The molecule has 1 fully saturated rings. The molecule has 9 rings (SSSR count). The van der Waals surface area contributed by atoms with E-state index in [4.69, 9.17) is 21.1 Å². The molecule has 4 aromatic carbocycles. The third-order valence-corrected chi connectivity index (χ3v) is 10.0. The maximum Gasteiger partial charge on any atom is 0.258 e. The largest absolute Gasteiger partial charge is 0.489 e. The standard InChI is InChI=1S/C42H45ClN4O6/c43-35-13-7-12-32-26-52-34-20-16-28(17-21-34)22-23-44-41(50)36(24-29-8-3-1-4-9-29)46-42(51)39(31-10-5-2-6-11-31)47-37(48)25-30-14-18-33(19-15-30)45-38(49)27-53-40(32)35/h1-13,16-17,20-21,30,33,36,39H,14-15,18-19,22-27H2,(H,44,50)(H,45,49)(H,46,51)(H,47,48)/t30?,33?,36-,39+/m1/s1. The fourth-order valence-corrected chi connectivity index (χ4v) is 7.10. The van der Waals surface area contributed by atoms with Crippen LogP contribution in [-0.4, -0.2) is 48.9 Å². The zero-order chi connectivity index (χ0) is 37.0. The molecule has 53 heavy (non-hydrogen) atoms. The number of benzene rings is 4. The molecule has 1 aliphatic carbocycles. The molecule has 4 aliphatic heterocycles. The molecule has 0 unspecified atom stereocenters. The predicted octanol–water partition coefficient (Wildman–Crippen LogP) is 5.62. The lowest BCUT2D eigenvalue weighted by molar-refractivity contribution is -0.132. The van der Waals surface area contributed by atoms with Crippen molar-refractivity contribution in [3.63, 3.8) is 0 Å². The van der Waals surface area contributed by atoms with E-state index < -0.39 is 18.0 Å². The zero-order valence-electron chi connectivity index (χ0n) is 29.5. The normalized spacial score (nSPS) is 22.1. The van der Waals surface area contributed by atoms with E-state index in [1.54, 1.807) is 18.2 Å². The summed E-state index contributed by atoms with van der Waals surface area (Å²) in [5.74, 6) is -0.148. The van der Waals surface area contributed by atoms with Crippen LogP contribution in [0, 0.1) is 5.92 Å². The first-order valence-electron chi connectivity index (χ1n) is 18.2. The highest BCUT2D eigenvalue weighted by molar-refractivity contribution is 6.32. The number of halogens is 1. The Balaban J connectivity index is 1.21. The van der Waals surface area contributed by atoms with E-state index in [-0.39, 0.29) is 55.7 Å². The molecule has 0 saturated heterocycles. The van der Waals surface area contributed by atoms with Crippen molar-refractivity contribution in [2.75, 3.05) is 13.2 Å². The van der Waals surface area contributed by atoms with Crippen LogP contribution in [-0.2, 0) is 38.6 Å². The lowest BCUT2D eigenvalue weighted by Crippen LogP contribution is -2.52. The first-order valence-corrected chi connectivity index (χ1v) is 18.6. The van der Waals surface area contributed by atoms with Crippen LogP contribution in [0.3, 0.4) is 0 Å². The topological polar surface area (TPSA) is 135 Å². The van der Waals surface area contributed by atoms with Crippen LogP contribution in [0.15, 0.2) is 103 Å². The maximum atomic E-state index is 14.0. The average Bonchev–Trinajstić information content (AvgIpc) is 3.17. The van der Waals surface area contributed by atoms with Crippen LogP contribution in [0.5, 0.6) is 11.5 Å². The molecule has 1 saturated carbocycles. The molecule has 10 nitrogen and oxygen atoms in total. The van der Waals surface area contributed by atoms with E-state index in [0.717, 1.165) is 24.0 Å². The SMILES string of the molecule is O=C1COc2c(Cl)cccc2COc2ccc(cc2)CCNC(=O)[C@@H](Cc2ccccc2)NC(=O)[C@H](c2ccccc2)NC(=O)CC2CCC(CC2)N1. The predicted molar refractivity (Wildman–Crippen MR) is 202 cm³/mol.